The standard InChI is InChI=1S/C15H22N4O2/c1-9(2)12-8-11(14(20)17-7-5-6-16-4)13-10(3)19-21-15(13)18-12/h8-9,16H,5-7H2,1-4H3,(H,17,20). The number of fused-ring (bicyclic) bond motifs is 1. The van der Waals surface area contributed by atoms with Crippen LogP contribution in [0.25, 0.3) is 11.1 Å². The summed E-state index contributed by atoms with van der Waals surface area (Å²) >= 11 is 0. The summed E-state index contributed by atoms with van der Waals surface area (Å²) in [6.45, 7) is 7.39. The van der Waals surface area contributed by atoms with Gasteiger partial charge in [0, 0.05) is 12.2 Å². The number of hydrogen-bond donors (Lipinski definition) is 2. The zero-order valence-corrected chi connectivity index (χ0v) is 13.0. The Morgan fingerprint density at radius 1 is 1.38 bits per heavy atom. The Balaban J connectivity index is 2.31. The van der Waals surface area contributed by atoms with Crippen molar-refractivity contribution >= 4 is 17.0 Å². The molecule has 0 aromatic carbocycles. The minimum absolute atomic E-state index is 0.105. The van der Waals surface area contributed by atoms with Gasteiger partial charge in [0.25, 0.3) is 11.6 Å². The largest absolute Gasteiger partial charge is 0.352 e. The molecule has 0 fully saturated rings. The van der Waals surface area contributed by atoms with Crippen molar-refractivity contribution in [2.24, 2.45) is 0 Å². The van der Waals surface area contributed by atoms with E-state index in [1.807, 2.05) is 33.9 Å². The smallest absolute Gasteiger partial charge is 0.259 e. The van der Waals surface area contributed by atoms with Crippen LogP contribution in [-0.2, 0) is 0 Å². The van der Waals surface area contributed by atoms with E-state index in [1.165, 1.54) is 0 Å². The molecule has 0 saturated heterocycles. The van der Waals surface area contributed by atoms with Gasteiger partial charge in [-0.15, -0.1) is 0 Å². The fourth-order valence-electron chi connectivity index (χ4n) is 2.15. The Morgan fingerprint density at radius 2 is 2.14 bits per heavy atom. The third-order valence-electron chi connectivity index (χ3n) is 3.36. The van der Waals surface area contributed by atoms with Crippen molar-refractivity contribution in [3.8, 4) is 0 Å². The van der Waals surface area contributed by atoms with Crippen LogP contribution in [0.15, 0.2) is 10.6 Å². The number of aryl methyl sites for hydroxylation is 1. The van der Waals surface area contributed by atoms with Gasteiger partial charge in [-0.3, -0.25) is 4.79 Å². The number of nitrogens with one attached hydrogen (secondary N) is 2. The molecule has 2 aromatic heterocycles. The lowest BCUT2D eigenvalue weighted by Crippen LogP contribution is -2.27. The van der Waals surface area contributed by atoms with Gasteiger partial charge in [-0.1, -0.05) is 19.0 Å². The molecule has 0 bridgehead atoms. The topological polar surface area (TPSA) is 80.0 Å². The predicted octanol–water partition coefficient (Wildman–Crippen LogP) is 1.99. The molecular formula is C15H22N4O2. The molecule has 6 nitrogen and oxygen atoms in total. The van der Waals surface area contributed by atoms with Crippen molar-refractivity contribution in [1.82, 2.24) is 20.8 Å². The van der Waals surface area contributed by atoms with E-state index >= 15 is 0 Å². The maximum absolute atomic E-state index is 12.4. The molecule has 0 spiro atoms. The summed E-state index contributed by atoms with van der Waals surface area (Å²) in [6.07, 6.45) is 0.885. The average Bonchev–Trinajstić information content (AvgIpc) is 2.84. The van der Waals surface area contributed by atoms with Crippen LogP contribution in [0.2, 0.25) is 0 Å². The summed E-state index contributed by atoms with van der Waals surface area (Å²) in [5.41, 5.74) is 2.54. The molecule has 0 unspecified atom stereocenters. The third-order valence-corrected chi connectivity index (χ3v) is 3.36. The Morgan fingerprint density at radius 3 is 2.81 bits per heavy atom. The number of aromatic nitrogens is 2. The Labute approximate surface area is 124 Å². The van der Waals surface area contributed by atoms with E-state index in [-0.39, 0.29) is 11.8 Å². The number of hydrogen-bond acceptors (Lipinski definition) is 5. The maximum Gasteiger partial charge on any atom is 0.259 e. The summed E-state index contributed by atoms with van der Waals surface area (Å²) in [4.78, 5) is 16.8. The highest BCUT2D eigenvalue weighted by Gasteiger charge is 2.19. The van der Waals surface area contributed by atoms with Crippen molar-refractivity contribution in [3.63, 3.8) is 0 Å². The number of pyridine rings is 1. The second kappa shape index (κ2) is 6.67. The van der Waals surface area contributed by atoms with Crippen molar-refractivity contribution in [1.29, 1.82) is 0 Å². The zero-order chi connectivity index (χ0) is 15.4. The van der Waals surface area contributed by atoms with Crippen molar-refractivity contribution in [3.05, 3.63) is 23.0 Å². The fraction of sp³-hybridized carbons (Fsp3) is 0.533. The van der Waals surface area contributed by atoms with Gasteiger partial charge >= 0.3 is 0 Å². The normalized spacial score (nSPS) is 11.3. The minimum atomic E-state index is -0.105. The molecule has 0 aliphatic heterocycles. The molecule has 2 aromatic rings. The monoisotopic (exact) mass is 290 g/mol. The summed E-state index contributed by atoms with van der Waals surface area (Å²) < 4.78 is 5.22. The van der Waals surface area contributed by atoms with Crippen molar-refractivity contribution in [2.45, 2.75) is 33.1 Å². The molecule has 0 radical (unpaired) electrons. The Bertz CT molecular complexity index is 634. The number of carbonyl (C=O) groups excluding carboxylic acids is 1. The van der Waals surface area contributed by atoms with Crippen LogP contribution in [0.3, 0.4) is 0 Å². The van der Waals surface area contributed by atoms with Crippen LogP contribution < -0.4 is 10.6 Å². The lowest BCUT2D eigenvalue weighted by atomic mass is 10.0. The fourth-order valence-corrected chi connectivity index (χ4v) is 2.15. The van der Waals surface area contributed by atoms with Crippen LogP contribution in [0.5, 0.6) is 0 Å². The van der Waals surface area contributed by atoms with E-state index in [9.17, 15) is 4.79 Å². The molecule has 2 rings (SSSR count). The van der Waals surface area contributed by atoms with Crippen molar-refractivity contribution in [2.75, 3.05) is 20.1 Å². The molecule has 1 amide bonds. The van der Waals surface area contributed by atoms with Crippen LogP contribution >= 0.6 is 0 Å². The predicted molar refractivity (Wildman–Crippen MR) is 81.5 cm³/mol. The first-order valence-corrected chi connectivity index (χ1v) is 7.24. The Hall–Kier alpha value is -1.95. The molecule has 6 heteroatoms. The molecule has 21 heavy (non-hydrogen) atoms. The SMILES string of the molecule is CNCCCNC(=O)c1cc(C(C)C)nc2onc(C)c12. The van der Waals surface area contributed by atoms with Crippen LogP contribution in [-0.4, -0.2) is 36.2 Å². The van der Waals surface area contributed by atoms with E-state index in [0.29, 0.717) is 28.9 Å². The van der Waals surface area contributed by atoms with Gasteiger partial charge in [-0.2, -0.15) is 0 Å². The number of carbonyl (C=O) groups is 1. The number of nitrogens with zero attached hydrogens (tertiary/aromatic N) is 2. The first-order chi connectivity index (χ1) is 10.0. The molecule has 0 saturated carbocycles. The van der Waals surface area contributed by atoms with Gasteiger partial charge in [0.05, 0.1) is 16.6 Å². The van der Waals surface area contributed by atoms with Gasteiger partial charge in [-0.25, -0.2) is 4.98 Å². The van der Waals surface area contributed by atoms with E-state index in [1.54, 1.807) is 0 Å². The van der Waals surface area contributed by atoms with Crippen LogP contribution in [0.1, 0.15) is 47.9 Å². The van der Waals surface area contributed by atoms with E-state index in [0.717, 1.165) is 18.7 Å². The minimum Gasteiger partial charge on any atom is -0.352 e. The maximum atomic E-state index is 12.4. The second-order valence-electron chi connectivity index (χ2n) is 5.41. The van der Waals surface area contributed by atoms with Crippen LogP contribution in [0.4, 0.5) is 0 Å². The average molecular weight is 290 g/mol. The first kappa shape index (κ1) is 15.4. The zero-order valence-electron chi connectivity index (χ0n) is 13.0. The lowest BCUT2D eigenvalue weighted by molar-refractivity contribution is 0.0954. The number of amides is 1. The van der Waals surface area contributed by atoms with Gasteiger partial charge in [0.1, 0.15) is 0 Å². The highest BCUT2D eigenvalue weighted by molar-refractivity contribution is 6.06. The van der Waals surface area contributed by atoms with Gasteiger partial charge < -0.3 is 15.2 Å². The van der Waals surface area contributed by atoms with E-state index in [2.05, 4.69) is 20.8 Å². The van der Waals surface area contributed by atoms with Gasteiger partial charge in [0.2, 0.25) is 0 Å². The quantitative estimate of drug-likeness (QED) is 0.795. The summed E-state index contributed by atoms with van der Waals surface area (Å²) in [7, 11) is 1.89. The first-order valence-electron chi connectivity index (χ1n) is 7.24. The molecule has 114 valence electrons. The Kier molecular flexibility index (Phi) is 4.90. The van der Waals surface area contributed by atoms with Gasteiger partial charge in [-0.05, 0) is 38.9 Å². The number of rotatable bonds is 6. The summed E-state index contributed by atoms with van der Waals surface area (Å²) in [5, 5.41) is 10.6. The molecule has 0 aliphatic carbocycles. The van der Waals surface area contributed by atoms with E-state index < -0.39 is 0 Å². The molecular weight excluding hydrogens is 268 g/mol. The second-order valence-corrected chi connectivity index (χ2v) is 5.41. The molecule has 2 heterocycles. The molecule has 0 atom stereocenters. The van der Waals surface area contributed by atoms with Gasteiger partial charge in [0.15, 0.2) is 0 Å². The summed E-state index contributed by atoms with van der Waals surface area (Å²) in [5.74, 6) is 0.113. The van der Waals surface area contributed by atoms with Crippen molar-refractivity contribution < 1.29 is 9.32 Å². The highest BCUT2D eigenvalue weighted by Crippen LogP contribution is 2.24. The van der Waals surface area contributed by atoms with Crippen LogP contribution in [0, 0.1) is 6.92 Å². The highest BCUT2D eigenvalue weighted by atomic mass is 16.5. The summed E-state index contributed by atoms with van der Waals surface area (Å²) in [6, 6.07) is 1.84. The molecule has 0 aliphatic rings. The lowest BCUT2D eigenvalue weighted by Gasteiger charge is -2.09. The molecule has 2 N–H and O–H groups in total. The third kappa shape index (κ3) is 3.39. The van der Waals surface area contributed by atoms with E-state index in [4.69, 9.17) is 4.52 Å².